The van der Waals surface area contributed by atoms with Gasteiger partial charge in [-0.3, -0.25) is 4.90 Å². The van der Waals surface area contributed by atoms with E-state index in [1.807, 2.05) is 25.3 Å². The number of hydrogen-bond donors (Lipinski definition) is 1. The number of benzene rings is 1. The molecule has 1 fully saturated rings. The van der Waals surface area contributed by atoms with Crippen LogP contribution in [-0.4, -0.2) is 29.6 Å². The van der Waals surface area contributed by atoms with E-state index in [0.29, 0.717) is 11.7 Å². The van der Waals surface area contributed by atoms with Crippen molar-refractivity contribution < 1.29 is 4.74 Å². The number of ether oxygens (including phenoxy) is 1. The summed E-state index contributed by atoms with van der Waals surface area (Å²) in [7, 11) is 0. The van der Waals surface area contributed by atoms with Crippen LogP contribution in [0.2, 0.25) is 0 Å². The van der Waals surface area contributed by atoms with E-state index in [1.165, 1.54) is 23.3 Å². The van der Waals surface area contributed by atoms with E-state index in [4.69, 9.17) is 10.5 Å². The minimum atomic E-state index is 0.199. The van der Waals surface area contributed by atoms with Gasteiger partial charge in [-0.1, -0.05) is 18.2 Å². The van der Waals surface area contributed by atoms with Gasteiger partial charge in [0, 0.05) is 16.6 Å². The molecule has 0 spiro atoms. The van der Waals surface area contributed by atoms with Gasteiger partial charge in [0.05, 0.1) is 12.6 Å². The topological polar surface area (TPSA) is 51.4 Å². The quantitative estimate of drug-likeness (QED) is 0.920. The molecule has 0 aliphatic carbocycles. The zero-order valence-corrected chi connectivity index (χ0v) is 13.1. The Bertz CT molecular complexity index is 593. The Labute approximate surface area is 129 Å². The van der Waals surface area contributed by atoms with Crippen molar-refractivity contribution in [2.75, 3.05) is 25.4 Å². The zero-order chi connectivity index (χ0) is 14.7. The molecular weight excluding hydrogens is 282 g/mol. The van der Waals surface area contributed by atoms with Gasteiger partial charge < -0.3 is 10.5 Å². The van der Waals surface area contributed by atoms with Crippen LogP contribution in [0.15, 0.2) is 30.5 Å². The summed E-state index contributed by atoms with van der Waals surface area (Å²) in [5.41, 5.74) is 7.06. The molecular formula is C16H21N3OS. The fourth-order valence-corrected chi connectivity index (χ4v) is 3.79. The number of nitrogens with zero attached hydrogens (tertiary/aromatic N) is 2. The molecule has 4 nitrogen and oxygen atoms in total. The van der Waals surface area contributed by atoms with Gasteiger partial charge in [0.1, 0.15) is 5.75 Å². The molecule has 1 aliphatic heterocycles. The van der Waals surface area contributed by atoms with Crippen LogP contribution in [0.1, 0.15) is 36.2 Å². The van der Waals surface area contributed by atoms with Gasteiger partial charge in [-0.25, -0.2) is 4.98 Å². The summed E-state index contributed by atoms with van der Waals surface area (Å²) in [6.07, 6.45) is 4.41. The van der Waals surface area contributed by atoms with Crippen molar-refractivity contribution in [2.45, 2.75) is 25.8 Å². The van der Waals surface area contributed by atoms with E-state index in [9.17, 15) is 0 Å². The lowest BCUT2D eigenvalue weighted by Crippen LogP contribution is -2.26. The molecule has 3 rings (SSSR count). The molecule has 1 aliphatic rings. The van der Waals surface area contributed by atoms with Crippen molar-refractivity contribution in [1.29, 1.82) is 0 Å². The first-order valence-electron chi connectivity index (χ1n) is 7.46. The Morgan fingerprint density at radius 2 is 2.10 bits per heavy atom. The predicted octanol–water partition coefficient (Wildman–Crippen LogP) is 3.31. The maximum absolute atomic E-state index is 5.85. The van der Waals surface area contributed by atoms with E-state index in [1.54, 1.807) is 11.3 Å². The molecule has 21 heavy (non-hydrogen) atoms. The Balaban J connectivity index is 2.02. The predicted molar refractivity (Wildman–Crippen MR) is 86.8 cm³/mol. The third-order valence-electron chi connectivity index (χ3n) is 3.83. The lowest BCUT2D eigenvalue weighted by molar-refractivity contribution is 0.270. The first-order valence-corrected chi connectivity index (χ1v) is 8.28. The van der Waals surface area contributed by atoms with Gasteiger partial charge in [-0.15, -0.1) is 11.3 Å². The van der Waals surface area contributed by atoms with Crippen molar-refractivity contribution >= 4 is 16.5 Å². The Morgan fingerprint density at radius 1 is 1.33 bits per heavy atom. The average molecular weight is 303 g/mol. The Kier molecular flexibility index (Phi) is 4.41. The molecule has 2 aromatic rings. The van der Waals surface area contributed by atoms with Crippen molar-refractivity contribution in [3.8, 4) is 5.75 Å². The van der Waals surface area contributed by atoms with Gasteiger partial charge >= 0.3 is 0 Å². The molecule has 112 valence electrons. The van der Waals surface area contributed by atoms with Gasteiger partial charge in [0.25, 0.3) is 0 Å². The van der Waals surface area contributed by atoms with Crippen LogP contribution in [0.4, 0.5) is 5.13 Å². The number of aromatic nitrogens is 1. The van der Waals surface area contributed by atoms with Crippen molar-refractivity contribution in [1.82, 2.24) is 9.88 Å². The first kappa shape index (κ1) is 14.4. The first-order chi connectivity index (χ1) is 10.3. The standard InChI is InChI=1S/C16H21N3OS/c1-2-20-13-8-4-3-7-12(13)15(19-9-5-6-10-19)14-11-18-16(17)21-14/h3-4,7-8,11,15H,2,5-6,9-10H2,1H3,(H2,17,18). The molecule has 2 N–H and O–H groups in total. The summed E-state index contributed by atoms with van der Waals surface area (Å²) in [6.45, 7) is 4.92. The molecule has 2 heterocycles. The number of likely N-dealkylation sites (tertiary alicyclic amines) is 1. The molecule has 0 amide bonds. The Morgan fingerprint density at radius 3 is 2.76 bits per heavy atom. The number of nitrogen functional groups attached to an aromatic ring is 1. The van der Waals surface area contributed by atoms with Crippen LogP contribution >= 0.6 is 11.3 Å². The van der Waals surface area contributed by atoms with Crippen LogP contribution in [0, 0.1) is 0 Å². The number of anilines is 1. The highest BCUT2D eigenvalue weighted by atomic mass is 32.1. The summed E-state index contributed by atoms with van der Waals surface area (Å²) in [6, 6.07) is 8.50. The van der Waals surface area contributed by atoms with Crippen LogP contribution < -0.4 is 10.5 Å². The number of hydrogen-bond acceptors (Lipinski definition) is 5. The average Bonchev–Trinajstić information content (AvgIpc) is 3.14. The van der Waals surface area contributed by atoms with Crippen LogP contribution in [0.25, 0.3) is 0 Å². The number of nitrogens with two attached hydrogens (primary N) is 1. The van der Waals surface area contributed by atoms with E-state index >= 15 is 0 Å². The molecule has 0 bridgehead atoms. The fraction of sp³-hybridized carbons (Fsp3) is 0.438. The summed E-state index contributed by atoms with van der Waals surface area (Å²) in [4.78, 5) is 7.94. The normalized spacial score (nSPS) is 17.0. The third-order valence-corrected chi connectivity index (χ3v) is 4.71. The molecule has 1 aromatic heterocycles. The molecule has 5 heteroatoms. The number of rotatable bonds is 5. The molecule has 1 saturated heterocycles. The smallest absolute Gasteiger partial charge is 0.180 e. The summed E-state index contributed by atoms with van der Waals surface area (Å²) < 4.78 is 5.83. The SMILES string of the molecule is CCOc1ccccc1C(c1cnc(N)s1)N1CCCC1. The Hall–Kier alpha value is -1.59. The summed E-state index contributed by atoms with van der Waals surface area (Å²) >= 11 is 1.57. The minimum absolute atomic E-state index is 0.199. The van der Waals surface area contributed by atoms with E-state index in [-0.39, 0.29) is 6.04 Å². The minimum Gasteiger partial charge on any atom is -0.494 e. The highest BCUT2D eigenvalue weighted by Gasteiger charge is 2.28. The summed E-state index contributed by atoms with van der Waals surface area (Å²) in [5, 5.41) is 0.628. The molecule has 0 saturated carbocycles. The maximum atomic E-state index is 5.85. The van der Waals surface area contributed by atoms with E-state index in [0.717, 1.165) is 18.8 Å². The zero-order valence-electron chi connectivity index (χ0n) is 12.3. The lowest BCUT2D eigenvalue weighted by atomic mass is 10.0. The van der Waals surface area contributed by atoms with Crippen LogP contribution in [0.3, 0.4) is 0 Å². The molecule has 0 radical (unpaired) electrons. The van der Waals surface area contributed by atoms with Crippen LogP contribution in [0.5, 0.6) is 5.75 Å². The lowest BCUT2D eigenvalue weighted by Gasteiger charge is -2.28. The van der Waals surface area contributed by atoms with E-state index in [2.05, 4.69) is 22.0 Å². The molecule has 1 aromatic carbocycles. The van der Waals surface area contributed by atoms with Crippen molar-refractivity contribution in [2.24, 2.45) is 0 Å². The fourth-order valence-electron chi connectivity index (χ4n) is 2.95. The van der Waals surface area contributed by atoms with Crippen LogP contribution in [-0.2, 0) is 0 Å². The van der Waals surface area contributed by atoms with E-state index < -0.39 is 0 Å². The second kappa shape index (κ2) is 6.45. The highest BCUT2D eigenvalue weighted by Crippen LogP contribution is 2.39. The van der Waals surface area contributed by atoms with Gasteiger partial charge in [0.15, 0.2) is 5.13 Å². The number of para-hydroxylation sites is 1. The van der Waals surface area contributed by atoms with Gasteiger partial charge in [-0.05, 0) is 38.9 Å². The van der Waals surface area contributed by atoms with Crippen molar-refractivity contribution in [3.63, 3.8) is 0 Å². The largest absolute Gasteiger partial charge is 0.494 e. The van der Waals surface area contributed by atoms with Gasteiger partial charge in [-0.2, -0.15) is 0 Å². The monoisotopic (exact) mass is 303 g/mol. The second-order valence-electron chi connectivity index (χ2n) is 5.22. The molecule has 1 atom stereocenters. The molecule has 1 unspecified atom stereocenters. The summed E-state index contributed by atoms with van der Waals surface area (Å²) in [5.74, 6) is 0.962. The second-order valence-corrected chi connectivity index (χ2v) is 6.31. The van der Waals surface area contributed by atoms with Crippen molar-refractivity contribution in [3.05, 3.63) is 40.9 Å². The highest BCUT2D eigenvalue weighted by molar-refractivity contribution is 7.15. The van der Waals surface area contributed by atoms with Gasteiger partial charge in [0.2, 0.25) is 0 Å². The maximum Gasteiger partial charge on any atom is 0.180 e. The third kappa shape index (κ3) is 3.04. The number of thiazole rings is 1.